The molecule has 0 unspecified atom stereocenters. The van der Waals surface area contributed by atoms with Gasteiger partial charge in [0.25, 0.3) is 5.91 Å². The summed E-state index contributed by atoms with van der Waals surface area (Å²) < 4.78 is 5.74. The maximum atomic E-state index is 11.0. The average molecular weight is 183 g/mol. The van der Waals surface area contributed by atoms with Gasteiger partial charge in [0.1, 0.15) is 0 Å². The van der Waals surface area contributed by atoms with Crippen molar-refractivity contribution < 1.29 is 14.3 Å². The van der Waals surface area contributed by atoms with Crippen LogP contribution in [0.3, 0.4) is 0 Å². The number of rotatable bonds is 2. The van der Waals surface area contributed by atoms with E-state index < -0.39 is 11.9 Å². The number of amides is 1. The van der Waals surface area contributed by atoms with Crippen LogP contribution in [0.25, 0.3) is 0 Å². The van der Waals surface area contributed by atoms with Crippen LogP contribution in [0.5, 0.6) is 0 Å². The van der Waals surface area contributed by atoms with Crippen LogP contribution in [-0.4, -0.2) is 28.8 Å². The summed E-state index contributed by atoms with van der Waals surface area (Å²) in [5.74, 6) is -1.37. The van der Waals surface area contributed by atoms with Crippen molar-refractivity contribution in [1.29, 1.82) is 0 Å². The molecule has 0 atom stereocenters. The van der Waals surface area contributed by atoms with Gasteiger partial charge in [0.05, 0.1) is 12.7 Å². The fraction of sp³-hybridized carbons (Fsp3) is 0.286. The SMILES string of the molecule is COC(=O)c1nn(C)cc1C(N)=O. The Morgan fingerprint density at radius 2 is 2.23 bits per heavy atom. The number of primary amides is 1. The zero-order valence-electron chi connectivity index (χ0n) is 7.27. The fourth-order valence-corrected chi connectivity index (χ4v) is 0.916. The van der Waals surface area contributed by atoms with Crippen molar-refractivity contribution in [3.8, 4) is 0 Å². The monoisotopic (exact) mass is 183 g/mol. The number of hydrogen-bond donors (Lipinski definition) is 1. The van der Waals surface area contributed by atoms with Crippen LogP contribution < -0.4 is 5.73 Å². The summed E-state index contributed by atoms with van der Waals surface area (Å²) in [6.45, 7) is 0. The lowest BCUT2D eigenvalue weighted by Gasteiger charge is -1.94. The van der Waals surface area contributed by atoms with Gasteiger partial charge in [-0.2, -0.15) is 5.10 Å². The standard InChI is InChI=1S/C7H9N3O3/c1-10-3-4(6(8)11)5(9-10)7(12)13-2/h3H,1-2H3,(H2,8,11). The molecular weight excluding hydrogens is 174 g/mol. The summed E-state index contributed by atoms with van der Waals surface area (Å²) in [4.78, 5) is 21.9. The van der Waals surface area contributed by atoms with E-state index in [0.29, 0.717) is 0 Å². The molecule has 0 bridgehead atoms. The van der Waals surface area contributed by atoms with Crippen LogP contribution in [0.15, 0.2) is 6.20 Å². The minimum absolute atomic E-state index is 0.0579. The number of carbonyl (C=O) groups is 2. The van der Waals surface area contributed by atoms with E-state index in [1.165, 1.54) is 18.0 Å². The summed E-state index contributed by atoms with van der Waals surface area (Å²) in [6, 6.07) is 0. The Morgan fingerprint density at radius 1 is 1.62 bits per heavy atom. The zero-order valence-corrected chi connectivity index (χ0v) is 7.27. The van der Waals surface area contributed by atoms with Crippen LogP contribution in [0.1, 0.15) is 20.8 Å². The van der Waals surface area contributed by atoms with E-state index in [2.05, 4.69) is 9.84 Å². The van der Waals surface area contributed by atoms with E-state index in [-0.39, 0.29) is 11.3 Å². The molecular formula is C7H9N3O3. The molecule has 1 heterocycles. The first-order chi connectivity index (χ1) is 6.06. The summed E-state index contributed by atoms with van der Waals surface area (Å²) >= 11 is 0. The molecule has 2 N–H and O–H groups in total. The van der Waals surface area contributed by atoms with Crippen molar-refractivity contribution in [3.63, 3.8) is 0 Å². The molecule has 1 rings (SSSR count). The van der Waals surface area contributed by atoms with Crippen LogP contribution in [0.4, 0.5) is 0 Å². The number of ether oxygens (including phenoxy) is 1. The molecule has 0 aromatic carbocycles. The topological polar surface area (TPSA) is 87.2 Å². The van der Waals surface area contributed by atoms with Gasteiger partial charge in [0.15, 0.2) is 5.69 Å². The van der Waals surface area contributed by atoms with Crippen molar-refractivity contribution in [1.82, 2.24) is 9.78 Å². The summed E-state index contributed by atoms with van der Waals surface area (Å²) in [6.07, 6.45) is 1.37. The highest BCUT2D eigenvalue weighted by Gasteiger charge is 2.19. The van der Waals surface area contributed by atoms with Crippen molar-refractivity contribution in [2.75, 3.05) is 7.11 Å². The number of nitrogens with zero attached hydrogens (tertiary/aromatic N) is 2. The minimum Gasteiger partial charge on any atom is -0.464 e. The molecule has 0 aliphatic rings. The van der Waals surface area contributed by atoms with E-state index in [9.17, 15) is 9.59 Å². The summed E-state index contributed by atoms with van der Waals surface area (Å²) in [7, 11) is 2.79. The molecule has 13 heavy (non-hydrogen) atoms. The second kappa shape index (κ2) is 3.26. The first-order valence-corrected chi connectivity index (χ1v) is 3.48. The van der Waals surface area contributed by atoms with Crippen LogP contribution >= 0.6 is 0 Å². The van der Waals surface area contributed by atoms with Gasteiger partial charge in [0, 0.05) is 13.2 Å². The average Bonchev–Trinajstić information content (AvgIpc) is 2.46. The predicted molar refractivity (Wildman–Crippen MR) is 43.1 cm³/mol. The number of nitrogens with two attached hydrogens (primary N) is 1. The van der Waals surface area contributed by atoms with Gasteiger partial charge in [-0.3, -0.25) is 9.48 Å². The number of aromatic nitrogens is 2. The minimum atomic E-state index is -0.700. The van der Waals surface area contributed by atoms with Crippen LogP contribution in [0.2, 0.25) is 0 Å². The Kier molecular flexibility index (Phi) is 2.32. The Morgan fingerprint density at radius 3 is 2.69 bits per heavy atom. The van der Waals surface area contributed by atoms with Crippen molar-refractivity contribution in [2.45, 2.75) is 0 Å². The molecule has 0 radical (unpaired) electrons. The third-order valence-electron chi connectivity index (χ3n) is 1.47. The highest BCUT2D eigenvalue weighted by atomic mass is 16.5. The van der Waals surface area contributed by atoms with Gasteiger partial charge in [-0.15, -0.1) is 0 Å². The third-order valence-corrected chi connectivity index (χ3v) is 1.47. The fourth-order valence-electron chi connectivity index (χ4n) is 0.916. The number of methoxy groups -OCH3 is 1. The Bertz CT molecular complexity index is 356. The molecule has 1 aromatic rings. The van der Waals surface area contributed by atoms with E-state index in [1.807, 2.05) is 0 Å². The maximum Gasteiger partial charge on any atom is 0.359 e. The maximum absolute atomic E-state index is 11.0. The third kappa shape index (κ3) is 1.66. The van der Waals surface area contributed by atoms with Crippen LogP contribution in [-0.2, 0) is 11.8 Å². The number of aryl methyl sites for hydroxylation is 1. The molecule has 0 saturated carbocycles. The van der Waals surface area contributed by atoms with E-state index in [0.717, 1.165) is 0 Å². The molecule has 0 aliphatic heterocycles. The van der Waals surface area contributed by atoms with Gasteiger partial charge in [-0.1, -0.05) is 0 Å². The number of esters is 1. The van der Waals surface area contributed by atoms with E-state index in [4.69, 9.17) is 5.73 Å². The quantitative estimate of drug-likeness (QED) is 0.614. The normalized spacial score (nSPS) is 9.69. The van der Waals surface area contributed by atoms with Gasteiger partial charge in [-0.25, -0.2) is 4.79 Å². The van der Waals surface area contributed by atoms with Gasteiger partial charge in [0.2, 0.25) is 0 Å². The van der Waals surface area contributed by atoms with E-state index >= 15 is 0 Å². The molecule has 6 nitrogen and oxygen atoms in total. The molecule has 0 aliphatic carbocycles. The van der Waals surface area contributed by atoms with Crippen molar-refractivity contribution in [3.05, 3.63) is 17.5 Å². The first-order valence-electron chi connectivity index (χ1n) is 3.48. The molecule has 1 aromatic heterocycles. The lowest BCUT2D eigenvalue weighted by molar-refractivity contribution is 0.0589. The zero-order chi connectivity index (χ0) is 10.0. The molecule has 0 saturated heterocycles. The molecule has 6 heteroatoms. The second-order valence-corrected chi connectivity index (χ2v) is 2.42. The number of carbonyl (C=O) groups excluding carboxylic acids is 2. The van der Waals surface area contributed by atoms with E-state index in [1.54, 1.807) is 7.05 Å². The predicted octanol–water partition coefficient (Wildman–Crippen LogP) is -0.694. The van der Waals surface area contributed by atoms with Crippen LogP contribution in [0, 0.1) is 0 Å². The lowest BCUT2D eigenvalue weighted by Crippen LogP contribution is -2.15. The lowest BCUT2D eigenvalue weighted by atomic mass is 10.2. The highest BCUT2D eigenvalue weighted by molar-refractivity contribution is 6.03. The summed E-state index contributed by atoms with van der Waals surface area (Å²) in [5, 5.41) is 3.74. The summed E-state index contributed by atoms with van der Waals surface area (Å²) in [5.41, 5.74) is 5.03. The molecule has 0 fully saturated rings. The Hall–Kier alpha value is -1.85. The molecule has 70 valence electrons. The van der Waals surface area contributed by atoms with Gasteiger partial charge < -0.3 is 10.5 Å². The smallest absolute Gasteiger partial charge is 0.359 e. The molecule has 1 amide bonds. The number of hydrogen-bond acceptors (Lipinski definition) is 4. The Labute approximate surface area is 74.3 Å². The van der Waals surface area contributed by atoms with Crippen molar-refractivity contribution in [2.24, 2.45) is 12.8 Å². The largest absolute Gasteiger partial charge is 0.464 e. The van der Waals surface area contributed by atoms with Gasteiger partial charge in [-0.05, 0) is 0 Å². The molecule has 0 spiro atoms. The second-order valence-electron chi connectivity index (χ2n) is 2.42. The van der Waals surface area contributed by atoms with Crippen molar-refractivity contribution >= 4 is 11.9 Å². The highest BCUT2D eigenvalue weighted by Crippen LogP contribution is 2.06. The first kappa shape index (κ1) is 9.24. The Balaban J connectivity index is 3.19. The van der Waals surface area contributed by atoms with Gasteiger partial charge >= 0.3 is 5.97 Å².